The number of amides is 2. The summed E-state index contributed by atoms with van der Waals surface area (Å²) in [6.07, 6.45) is 11.6. The number of phenolic OH excluding ortho intramolecular Hbond substituents is 1. The van der Waals surface area contributed by atoms with Crippen LogP contribution in [0.2, 0.25) is 0 Å². The Kier molecular flexibility index (Phi) is 14.9. The number of benzene rings is 1. The van der Waals surface area contributed by atoms with Gasteiger partial charge in [-0.15, -0.1) is 21.5 Å². The Hall–Kier alpha value is -8.17. The standard InChI is InChI=1S/C57H62N12O8S/c1-32(2)53(57(73)68-30-40(70)21-48(68)56(72)63-33(3)35-11-16-45(61-26-35)54-34(4)62-31-78-54)50-25-52(66-77-50)74-19-7-8-36-12-15-41(27-60-36)75-42-22-43(23-42)76-51-20-37(17-18-59-51)69-38-13-14-39(69)29-67(28-38)47-24-46(64-65-55(47)58)44-9-5-6-10-49(44)71/h5-12,15-18,20,24-27,31-33,38-40,42-43,48,53,70-71H,13-14,19,21-23,28-30H2,1-4H3,(H2,58,65)(H,63,72)/b8-7+/t33-,38?,39?,40+,42-,43-,48-,53-/m0/s1. The number of nitrogens with two attached hydrogens (primary N) is 1. The van der Waals surface area contributed by atoms with Gasteiger partial charge in [-0.05, 0) is 97.9 Å². The summed E-state index contributed by atoms with van der Waals surface area (Å²) < 4.78 is 24.1. The smallest absolute Gasteiger partial charge is 0.254 e. The fraction of sp³-hybridized carbons (Fsp3) is 0.386. The molecule has 2 unspecified atom stereocenters. The van der Waals surface area contributed by atoms with Crippen molar-refractivity contribution >= 4 is 46.4 Å². The molecule has 404 valence electrons. The number of para-hydroxylation sites is 1. The molecule has 4 fully saturated rings. The van der Waals surface area contributed by atoms with Gasteiger partial charge in [0.05, 0.1) is 57.2 Å². The second kappa shape index (κ2) is 22.4. The number of thiazole rings is 1. The first kappa shape index (κ1) is 51.9. The Morgan fingerprint density at radius 3 is 2.42 bits per heavy atom. The summed E-state index contributed by atoms with van der Waals surface area (Å²) in [6, 6.07) is 21.6. The second-order valence-corrected chi connectivity index (χ2v) is 21.7. The lowest BCUT2D eigenvalue weighted by atomic mass is 9.91. The van der Waals surface area contributed by atoms with Crippen LogP contribution in [0.3, 0.4) is 0 Å². The maximum atomic E-state index is 14.2. The number of β-amino-alcohol motifs (C(OH)–C–C–N with tert-alkyl or cyclic N) is 1. The number of hydrogen-bond acceptors (Lipinski definition) is 19. The van der Waals surface area contributed by atoms with E-state index in [1.807, 2.05) is 88.5 Å². The van der Waals surface area contributed by atoms with Crippen LogP contribution in [0.15, 0.2) is 107 Å². The van der Waals surface area contributed by atoms with Crippen LogP contribution in [0.5, 0.6) is 23.3 Å². The number of aromatic nitrogens is 7. The molecule has 9 heterocycles. The van der Waals surface area contributed by atoms with Crippen molar-refractivity contribution in [1.29, 1.82) is 0 Å². The number of aryl methyl sites for hydroxylation is 1. The molecule has 4 aliphatic rings. The van der Waals surface area contributed by atoms with Gasteiger partial charge in [0.15, 0.2) is 11.6 Å². The molecule has 3 saturated heterocycles. The van der Waals surface area contributed by atoms with Crippen molar-refractivity contribution in [2.75, 3.05) is 41.8 Å². The highest BCUT2D eigenvalue weighted by molar-refractivity contribution is 7.13. The number of rotatable bonds is 18. The number of carbonyl (C=O) groups is 2. The third-order valence-electron chi connectivity index (χ3n) is 15.1. The second-order valence-electron chi connectivity index (χ2n) is 20.8. The molecule has 2 amide bonds. The van der Waals surface area contributed by atoms with E-state index >= 15 is 0 Å². The van der Waals surface area contributed by atoms with E-state index < -0.39 is 24.1 Å². The summed E-state index contributed by atoms with van der Waals surface area (Å²) >= 11 is 1.52. The maximum absolute atomic E-state index is 14.2. The number of hydrogen-bond donors (Lipinski definition) is 4. The van der Waals surface area contributed by atoms with E-state index in [2.05, 4.69) is 56.5 Å². The van der Waals surface area contributed by atoms with Crippen LogP contribution in [0.4, 0.5) is 17.2 Å². The molecule has 0 radical (unpaired) electrons. The van der Waals surface area contributed by atoms with Crippen LogP contribution >= 0.6 is 11.3 Å². The third-order valence-corrected chi connectivity index (χ3v) is 16.0. The number of fused-ring (bicyclic) bond motifs is 2. The Bertz CT molecular complexity index is 3260. The van der Waals surface area contributed by atoms with Crippen molar-refractivity contribution in [3.63, 3.8) is 0 Å². The van der Waals surface area contributed by atoms with E-state index in [-0.39, 0.29) is 73.2 Å². The molecule has 78 heavy (non-hydrogen) atoms. The normalized spacial score (nSPS) is 21.6. The van der Waals surface area contributed by atoms with Crippen LogP contribution in [0.25, 0.3) is 27.9 Å². The Morgan fingerprint density at radius 2 is 1.69 bits per heavy atom. The van der Waals surface area contributed by atoms with Crippen LogP contribution in [-0.2, 0) is 9.59 Å². The lowest BCUT2D eigenvalue weighted by Crippen LogP contribution is -2.54. The molecule has 3 aliphatic heterocycles. The summed E-state index contributed by atoms with van der Waals surface area (Å²) in [5.41, 5.74) is 14.5. The molecule has 6 aromatic heterocycles. The number of nitrogens with one attached hydrogen (secondary N) is 1. The van der Waals surface area contributed by atoms with Crippen molar-refractivity contribution < 1.29 is 38.5 Å². The number of nitrogens with zero attached hydrogens (tertiary/aromatic N) is 10. The van der Waals surface area contributed by atoms with E-state index in [1.54, 1.807) is 42.2 Å². The van der Waals surface area contributed by atoms with Crippen LogP contribution < -0.4 is 35.1 Å². The predicted molar refractivity (Wildman–Crippen MR) is 293 cm³/mol. The number of anilines is 3. The van der Waals surface area contributed by atoms with E-state index in [1.165, 1.54) is 16.2 Å². The third kappa shape index (κ3) is 11.2. The number of aliphatic hydroxyl groups excluding tert-OH is 1. The van der Waals surface area contributed by atoms with Gasteiger partial charge >= 0.3 is 0 Å². The monoisotopic (exact) mass is 1070 g/mol. The summed E-state index contributed by atoms with van der Waals surface area (Å²) in [5, 5.41) is 36.8. The van der Waals surface area contributed by atoms with Crippen molar-refractivity contribution in [2.24, 2.45) is 5.92 Å². The highest BCUT2D eigenvalue weighted by Crippen LogP contribution is 2.41. The number of aromatic hydroxyl groups is 1. The minimum atomic E-state index is -0.871. The van der Waals surface area contributed by atoms with Crippen molar-refractivity contribution in [3.05, 3.63) is 126 Å². The zero-order valence-electron chi connectivity index (χ0n) is 43.8. The van der Waals surface area contributed by atoms with Gasteiger partial charge in [0.2, 0.25) is 17.7 Å². The number of pyridine rings is 3. The molecule has 5 N–H and O–H groups in total. The van der Waals surface area contributed by atoms with Gasteiger partial charge < -0.3 is 54.7 Å². The topological polar surface area (TPSA) is 253 Å². The molecule has 11 rings (SSSR count). The molecule has 6 atom stereocenters. The van der Waals surface area contributed by atoms with Gasteiger partial charge in [-0.2, -0.15) is 0 Å². The fourth-order valence-corrected chi connectivity index (χ4v) is 11.8. The number of piperazine rings is 1. The van der Waals surface area contributed by atoms with Crippen LogP contribution in [0.1, 0.15) is 87.5 Å². The predicted octanol–water partition coefficient (Wildman–Crippen LogP) is 7.55. The van der Waals surface area contributed by atoms with E-state index in [0.717, 1.165) is 72.0 Å². The number of nitrogen functional groups attached to an aromatic ring is 1. The number of likely N-dealkylation sites (tertiary alicyclic amines) is 1. The van der Waals surface area contributed by atoms with Gasteiger partial charge in [-0.3, -0.25) is 19.6 Å². The summed E-state index contributed by atoms with van der Waals surface area (Å²) in [4.78, 5) is 53.1. The quantitative estimate of drug-likeness (QED) is 0.0647. The lowest BCUT2D eigenvalue weighted by Gasteiger charge is -2.43. The van der Waals surface area contributed by atoms with Gasteiger partial charge in [-0.25, -0.2) is 9.97 Å². The fourth-order valence-electron chi connectivity index (χ4n) is 11.0. The first-order valence-electron chi connectivity index (χ1n) is 26.4. The number of phenols is 1. The van der Waals surface area contributed by atoms with Crippen LogP contribution in [-0.4, -0.2) is 125 Å². The molecular formula is C57H62N12O8S. The average molecular weight is 1080 g/mol. The Labute approximate surface area is 455 Å². The Morgan fingerprint density at radius 1 is 0.885 bits per heavy atom. The van der Waals surface area contributed by atoms with E-state index in [9.17, 15) is 19.8 Å². The number of aliphatic hydroxyl groups is 1. The first-order chi connectivity index (χ1) is 37.8. The van der Waals surface area contributed by atoms with E-state index in [0.29, 0.717) is 40.2 Å². The molecule has 1 saturated carbocycles. The van der Waals surface area contributed by atoms with E-state index in [4.69, 9.17) is 24.5 Å². The lowest BCUT2D eigenvalue weighted by molar-refractivity contribution is -0.141. The number of carbonyl (C=O) groups excluding carboxylic acids is 2. The summed E-state index contributed by atoms with van der Waals surface area (Å²) in [7, 11) is 0. The Balaban J connectivity index is 0.623. The molecule has 0 spiro atoms. The molecule has 21 heteroatoms. The average Bonchev–Trinajstić information content (AvgIpc) is 4.28. The zero-order chi connectivity index (χ0) is 54.0. The molecule has 7 aromatic rings. The largest absolute Gasteiger partial charge is 0.507 e. The van der Waals surface area contributed by atoms with Crippen molar-refractivity contribution in [2.45, 2.75) is 108 Å². The highest BCUT2D eigenvalue weighted by atomic mass is 32.1. The molecule has 1 aliphatic carbocycles. The summed E-state index contributed by atoms with van der Waals surface area (Å²) in [6.45, 7) is 9.32. The zero-order valence-corrected chi connectivity index (χ0v) is 44.6. The van der Waals surface area contributed by atoms with Crippen molar-refractivity contribution in [3.8, 4) is 45.1 Å². The molecule has 1 aromatic carbocycles. The molecule has 2 bridgehead atoms. The number of ether oxygens (including phenoxy) is 3. The van der Waals surface area contributed by atoms with Crippen molar-refractivity contribution in [1.82, 2.24) is 45.5 Å². The van der Waals surface area contributed by atoms with Gasteiger partial charge in [0, 0.05) is 86.8 Å². The molecule has 20 nitrogen and oxygen atoms in total. The van der Waals surface area contributed by atoms with Gasteiger partial charge in [0.1, 0.15) is 42.3 Å². The van der Waals surface area contributed by atoms with Gasteiger partial charge in [-0.1, -0.05) is 32.0 Å². The maximum Gasteiger partial charge on any atom is 0.254 e. The summed E-state index contributed by atoms with van der Waals surface area (Å²) in [5.74, 6) is 0.606. The minimum absolute atomic E-state index is 0.0121. The molecular weight excluding hydrogens is 1010 g/mol. The van der Waals surface area contributed by atoms with Gasteiger partial charge in [0.25, 0.3) is 5.88 Å². The highest BCUT2D eigenvalue weighted by Gasteiger charge is 2.44. The van der Waals surface area contributed by atoms with Crippen LogP contribution in [0, 0.1) is 12.8 Å². The minimum Gasteiger partial charge on any atom is -0.507 e. The first-order valence-corrected chi connectivity index (χ1v) is 27.3. The SMILES string of the molecule is Cc1ncsc1-c1ccc([C@H](C)NC(=O)[C@@H]2C[C@@H](O)CN2C(=O)[C@H](c2cc(OC/C=C/c3ccc(O[C@H]4C[C@H](Oc5cc(N6C7CCC6CN(c6cc(-c8ccccc8O)nnc6N)C7)ccn5)C4)cn3)no2)C(C)C)cn1.